The van der Waals surface area contributed by atoms with Gasteiger partial charge < -0.3 is 5.11 Å². The predicted molar refractivity (Wildman–Crippen MR) is 80.8 cm³/mol. The fourth-order valence-electron chi connectivity index (χ4n) is 1.84. The molecule has 1 N–H and O–H groups in total. The normalized spacial score (nSPS) is 11.7. The van der Waals surface area contributed by atoms with Gasteiger partial charge >= 0.3 is 5.97 Å². The molecule has 2 rings (SSSR count). The van der Waals surface area contributed by atoms with Gasteiger partial charge in [-0.3, -0.25) is 4.79 Å². The Kier molecular flexibility index (Phi) is 4.76. The number of rotatable bonds is 6. The van der Waals surface area contributed by atoms with Crippen molar-refractivity contribution < 1.29 is 18.3 Å². The Balaban J connectivity index is 2.16. The predicted octanol–water partition coefficient (Wildman–Crippen LogP) is 2.20. The number of carboxylic acid groups (broad SMARTS) is 1. The molecule has 1 aromatic heterocycles. The second kappa shape index (κ2) is 6.38. The van der Waals surface area contributed by atoms with Crippen molar-refractivity contribution in [3.05, 3.63) is 52.2 Å². The van der Waals surface area contributed by atoms with Crippen molar-refractivity contribution in [2.24, 2.45) is 0 Å². The van der Waals surface area contributed by atoms with Gasteiger partial charge in [-0.25, -0.2) is 8.42 Å². The molecule has 7 heteroatoms. The van der Waals surface area contributed by atoms with Gasteiger partial charge in [0, 0.05) is 18.5 Å². The molecule has 21 heavy (non-hydrogen) atoms. The fraction of sp³-hybridized carbons (Fsp3) is 0.214. The summed E-state index contributed by atoms with van der Waals surface area (Å²) in [5, 5.41) is 10.6. The van der Waals surface area contributed by atoms with Gasteiger partial charge in [0.1, 0.15) is 0 Å². The Labute approximate surface area is 127 Å². The molecule has 0 atom stereocenters. The number of thiophene rings is 1. The first-order chi connectivity index (χ1) is 9.89. The molecule has 1 heterocycles. The lowest BCUT2D eigenvalue weighted by Crippen LogP contribution is -2.26. The van der Waals surface area contributed by atoms with Gasteiger partial charge in [-0.2, -0.15) is 4.31 Å². The molecule has 0 aliphatic rings. The van der Waals surface area contributed by atoms with Crippen molar-refractivity contribution in [2.75, 3.05) is 7.05 Å². The first kappa shape index (κ1) is 15.7. The van der Waals surface area contributed by atoms with Crippen LogP contribution in [0.1, 0.15) is 10.4 Å². The molecular formula is C14H15NO4S2. The molecule has 0 bridgehead atoms. The smallest absolute Gasteiger partial charge is 0.307 e. The summed E-state index contributed by atoms with van der Waals surface area (Å²) in [6.07, 6.45) is -0.120. The lowest BCUT2D eigenvalue weighted by Gasteiger charge is -2.16. The number of aliphatic carboxylic acids is 1. The highest BCUT2D eigenvalue weighted by Crippen LogP contribution is 2.19. The largest absolute Gasteiger partial charge is 0.481 e. The number of sulfonamides is 1. The second-order valence-corrected chi connectivity index (χ2v) is 7.63. The van der Waals surface area contributed by atoms with Crippen LogP contribution in [0.2, 0.25) is 0 Å². The van der Waals surface area contributed by atoms with Crippen LogP contribution >= 0.6 is 11.3 Å². The van der Waals surface area contributed by atoms with E-state index in [1.165, 1.54) is 47.0 Å². The van der Waals surface area contributed by atoms with Crippen LogP contribution in [-0.2, 0) is 27.8 Å². The average molecular weight is 325 g/mol. The lowest BCUT2D eigenvalue weighted by molar-refractivity contribution is -0.136. The monoisotopic (exact) mass is 325 g/mol. The van der Waals surface area contributed by atoms with Gasteiger partial charge in [-0.15, -0.1) is 11.3 Å². The zero-order valence-electron chi connectivity index (χ0n) is 11.4. The standard InChI is InChI=1S/C14H15NO4S2/c1-15(10-12-3-2-8-20-12)21(18,19)13-6-4-11(5-7-13)9-14(16)17/h2-8H,9-10H2,1H3,(H,16,17). The number of carboxylic acids is 1. The molecule has 0 fully saturated rings. The van der Waals surface area contributed by atoms with Crippen molar-refractivity contribution in [1.82, 2.24) is 4.31 Å². The maximum atomic E-state index is 12.4. The molecule has 0 aliphatic heterocycles. The zero-order chi connectivity index (χ0) is 15.5. The van der Waals surface area contributed by atoms with Gasteiger partial charge in [0.05, 0.1) is 11.3 Å². The van der Waals surface area contributed by atoms with Crippen molar-refractivity contribution >= 4 is 27.3 Å². The molecule has 112 valence electrons. The molecule has 0 saturated carbocycles. The van der Waals surface area contributed by atoms with Crippen LogP contribution in [0.15, 0.2) is 46.7 Å². The second-order valence-electron chi connectivity index (χ2n) is 4.55. The Morgan fingerprint density at radius 3 is 2.43 bits per heavy atom. The number of nitrogens with zero attached hydrogens (tertiary/aromatic N) is 1. The van der Waals surface area contributed by atoms with Crippen molar-refractivity contribution in [3.63, 3.8) is 0 Å². The quantitative estimate of drug-likeness (QED) is 0.883. The Morgan fingerprint density at radius 2 is 1.90 bits per heavy atom. The van der Waals surface area contributed by atoms with E-state index in [2.05, 4.69) is 0 Å². The van der Waals surface area contributed by atoms with E-state index in [0.717, 1.165) is 4.88 Å². The summed E-state index contributed by atoms with van der Waals surface area (Å²) in [5.74, 6) is -0.944. The molecule has 0 amide bonds. The van der Waals surface area contributed by atoms with Crippen molar-refractivity contribution in [1.29, 1.82) is 0 Å². The van der Waals surface area contributed by atoms with E-state index >= 15 is 0 Å². The number of carbonyl (C=O) groups is 1. The minimum atomic E-state index is -3.57. The fourth-order valence-corrected chi connectivity index (χ4v) is 3.83. The summed E-state index contributed by atoms with van der Waals surface area (Å²) in [6, 6.07) is 9.70. The first-order valence-electron chi connectivity index (χ1n) is 6.19. The molecule has 0 spiro atoms. The SMILES string of the molecule is CN(Cc1cccs1)S(=O)(=O)c1ccc(CC(=O)O)cc1. The van der Waals surface area contributed by atoms with Crippen LogP contribution in [0.3, 0.4) is 0 Å². The highest BCUT2D eigenvalue weighted by Gasteiger charge is 2.21. The van der Waals surface area contributed by atoms with Crippen LogP contribution in [0.5, 0.6) is 0 Å². The van der Waals surface area contributed by atoms with Crippen LogP contribution in [0.4, 0.5) is 0 Å². The maximum Gasteiger partial charge on any atom is 0.307 e. The summed E-state index contributed by atoms with van der Waals surface area (Å²) in [5.41, 5.74) is 0.572. The molecule has 0 unspecified atom stereocenters. The summed E-state index contributed by atoms with van der Waals surface area (Å²) < 4.78 is 26.1. The molecule has 0 radical (unpaired) electrons. The van der Waals surface area contributed by atoms with Gasteiger partial charge in [0.25, 0.3) is 0 Å². The minimum absolute atomic E-state index is 0.120. The maximum absolute atomic E-state index is 12.4. The summed E-state index contributed by atoms with van der Waals surface area (Å²) >= 11 is 1.50. The highest BCUT2D eigenvalue weighted by molar-refractivity contribution is 7.89. The number of hydrogen-bond donors (Lipinski definition) is 1. The molecule has 1 aromatic carbocycles. The van der Waals surface area contributed by atoms with E-state index < -0.39 is 16.0 Å². The highest BCUT2D eigenvalue weighted by atomic mass is 32.2. The zero-order valence-corrected chi connectivity index (χ0v) is 13.0. The van der Waals surface area contributed by atoms with E-state index in [1.54, 1.807) is 0 Å². The number of hydrogen-bond acceptors (Lipinski definition) is 4. The van der Waals surface area contributed by atoms with E-state index in [0.29, 0.717) is 12.1 Å². The molecule has 5 nitrogen and oxygen atoms in total. The van der Waals surface area contributed by atoms with Crippen molar-refractivity contribution in [3.8, 4) is 0 Å². The van der Waals surface area contributed by atoms with E-state index in [9.17, 15) is 13.2 Å². The third kappa shape index (κ3) is 3.90. The van der Waals surface area contributed by atoms with Gasteiger partial charge in [-0.1, -0.05) is 18.2 Å². The molecule has 2 aromatic rings. The van der Waals surface area contributed by atoms with E-state index in [-0.39, 0.29) is 11.3 Å². The van der Waals surface area contributed by atoms with Crippen LogP contribution in [0.25, 0.3) is 0 Å². The Morgan fingerprint density at radius 1 is 1.24 bits per heavy atom. The third-order valence-corrected chi connectivity index (χ3v) is 5.62. The van der Waals surface area contributed by atoms with Gasteiger partial charge in [0.2, 0.25) is 10.0 Å². The average Bonchev–Trinajstić information content (AvgIpc) is 2.91. The number of benzene rings is 1. The summed E-state index contributed by atoms with van der Waals surface area (Å²) in [4.78, 5) is 11.7. The topological polar surface area (TPSA) is 74.7 Å². The molecule has 0 saturated heterocycles. The third-order valence-electron chi connectivity index (χ3n) is 2.95. The van der Waals surface area contributed by atoms with E-state index in [1.807, 2.05) is 17.5 Å². The van der Waals surface area contributed by atoms with Gasteiger partial charge in [0.15, 0.2) is 0 Å². The lowest BCUT2D eigenvalue weighted by atomic mass is 10.2. The first-order valence-corrected chi connectivity index (χ1v) is 8.51. The Bertz CT molecular complexity index is 706. The minimum Gasteiger partial charge on any atom is -0.481 e. The summed E-state index contributed by atoms with van der Waals surface area (Å²) in [6.45, 7) is 0.316. The van der Waals surface area contributed by atoms with Crippen LogP contribution in [-0.4, -0.2) is 30.8 Å². The summed E-state index contributed by atoms with van der Waals surface area (Å²) in [7, 11) is -2.04. The van der Waals surface area contributed by atoms with Crippen LogP contribution in [0, 0.1) is 0 Å². The van der Waals surface area contributed by atoms with Gasteiger partial charge in [-0.05, 0) is 29.1 Å². The van der Waals surface area contributed by atoms with Crippen molar-refractivity contribution in [2.45, 2.75) is 17.9 Å². The Hall–Kier alpha value is -1.70. The molecule has 0 aliphatic carbocycles. The molecular weight excluding hydrogens is 310 g/mol. The van der Waals surface area contributed by atoms with E-state index in [4.69, 9.17) is 5.11 Å². The van der Waals surface area contributed by atoms with Crippen LogP contribution < -0.4 is 0 Å².